The molecule has 1 saturated heterocycles. The first-order chi connectivity index (χ1) is 13.1. The Labute approximate surface area is 157 Å². The summed E-state index contributed by atoms with van der Waals surface area (Å²) in [4.78, 5) is 29.7. The Bertz CT molecular complexity index is 834. The second-order valence-electron chi connectivity index (χ2n) is 6.24. The fraction of sp³-hybridized carbons (Fsp3) is 0.368. The van der Waals surface area contributed by atoms with Crippen LogP contribution < -0.4 is 15.0 Å². The van der Waals surface area contributed by atoms with Crippen molar-refractivity contribution in [2.75, 3.05) is 24.6 Å². The Morgan fingerprint density at radius 3 is 2.81 bits per heavy atom. The molecule has 8 heteroatoms. The number of carbonyl (C=O) groups is 1. The SMILES string of the molecule is CCOc1ncccc1CNC(=O)c1ccc(N2CCCC2)c([N+](=O)[O-])c1. The summed E-state index contributed by atoms with van der Waals surface area (Å²) in [5, 5.41) is 14.2. The molecule has 0 saturated carbocycles. The van der Waals surface area contributed by atoms with E-state index in [0.717, 1.165) is 31.5 Å². The molecular formula is C19H22N4O4. The number of carbonyl (C=O) groups excluding carboxylic acids is 1. The second-order valence-corrected chi connectivity index (χ2v) is 6.24. The summed E-state index contributed by atoms with van der Waals surface area (Å²) in [6.45, 7) is 4.16. The number of rotatable bonds is 7. The zero-order valence-electron chi connectivity index (χ0n) is 15.2. The van der Waals surface area contributed by atoms with Crippen molar-refractivity contribution in [1.29, 1.82) is 0 Å². The highest BCUT2D eigenvalue weighted by atomic mass is 16.6. The largest absolute Gasteiger partial charge is 0.478 e. The number of pyridine rings is 1. The number of benzene rings is 1. The summed E-state index contributed by atoms with van der Waals surface area (Å²) in [6, 6.07) is 8.21. The van der Waals surface area contributed by atoms with Crippen molar-refractivity contribution >= 4 is 17.3 Å². The van der Waals surface area contributed by atoms with Crippen LogP contribution in [0.1, 0.15) is 35.7 Å². The van der Waals surface area contributed by atoms with E-state index in [1.807, 2.05) is 17.9 Å². The molecule has 8 nitrogen and oxygen atoms in total. The van der Waals surface area contributed by atoms with Gasteiger partial charge in [0, 0.05) is 43.0 Å². The van der Waals surface area contributed by atoms with Gasteiger partial charge in [-0.25, -0.2) is 4.98 Å². The smallest absolute Gasteiger partial charge is 0.293 e. The van der Waals surface area contributed by atoms with Crippen LogP contribution in [-0.2, 0) is 6.54 Å². The van der Waals surface area contributed by atoms with E-state index >= 15 is 0 Å². The van der Waals surface area contributed by atoms with E-state index in [-0.39, 0.29) is 23.7 Å². The minimum Gasteiger partial charge on any atom is -0.478 e. The van der Waals surface area contributed by atoms with Crippen LogP contribution in [0.2, 0.25) is 0 Å². The standard InChI is InChI=1S/C19H22N4O4/c1-2-27-19-15(6-5-9-20-19)13-21-18(24)14-7-8-16(17(12-14)23(25)26)22-10-3-4-11-22/h5-9,12H,2-4,10-11,13H2,1H3,(H,21,24). The van der Waals surface area contributed by atoms with E-state index in [9.17, 15) is 14.9 Å². The number of hydrogen-bond donors (Lipinski definition) is 1. The molecule has 0 bridgehead atoms. The average molecular weight is 370 g/mol. The molecule has 1 amide bonds. The van der Waals surface area contributed by atoms with Crippen molar-refractivity contribution in [2.45, 2.75) is 26.3 Å². The summed E-state index contributed by atoms with van der Waals surface area (Å²) in [5.74, 6) is 0.0908. The quantitative estimate of drug-likeness (QED) is 0.594. The van der Waals surface area contributed by atoms with Gasteiger partial charge in [0.05, 0.1) is 11.5 Å². The average Bonchev–Trinajstić information content (AvgIpc) is 3.21. The third-order valence-electron chi connectivity index (χ3n) is 4.45. The highest BCUT2D eigenvalue weighted by molar-refractivity contribution is 5.95. The van der Waals surface area contributed by atoms with E-state index in [2.05, 4.69) is 10.3 Å². The van der Waals surface area contributed by atoms with Gasteiger partial charge in [-0.15, -0.1) is 0 Å². The normalized spacial score (nSPS) is 13.4. The van der Waals surface area contributed by atoms with Crippen LogP contribution in [0.25, 0.3) is 0 Å². The molecule has 1 N–H and O–H groups in total. The Kier molecular flexibility index (Phi) is 5.85. The lowest BCUT2D eigenvalue weighted by atomic mass is 10.1. The first-order valence-electron chi connectivity index (χ1n) is 8.98. The van der Waals surface area contributed by atoms with Gasteiger partial charge in [0.15, 0.2) is 0 Å². The first kappa shape index (κ1) is 18.6. The predicted octanol–water partition coefficient (Wildman–Crippen LogP) is 2.92. The molecular weight excluding hydrogens is 348 g/mol. The minimum atomic E-state index is -0.432. The highest BCUT2D eigenvalue weighted by Gasteiger charge is 2.23. The molecule has 0 aliphatic carbocycles. The molecule has 27 heavy (non-hydrogen) atoms. The molecule has 1 aromatic carbocycles. The lowest BCUT2D eigenvalue weighted by Crippen LogP contribution is -2.24. The summed E-state index contributed by atoms with van der Waals surface area (Å²) >= 11 is 0. The Hall–Kier alpha value is -3.16. The van der Waals surface area contributed by atoms with Gasteiger partial charge in [0.2, 0.25) is 5.88 Å². The predicted molar refractivity (Wildman–Crippen MR) is 101 cm³/mol. The zero-order valence-corrected chi connectivity index (χ0v) is 15.2. The van der Waals surface area contributed by atoms with Crippen molar-refractivity contribution in [3.8, 4) is 5.88 Å². The molecule has 142 valence electrons. The zero-order chi connectivity index (χ0) is 19.2. The number of nitro groups is 1. The minimum absolute atomic E-state index is 0.0408. The van der Waals surface area contributed by atoms with Gasteiger partial charge in [-0.3, -0.25) is 14.9 Å². The number of amides is 1. The van der Waals surface area contributed by atoms with Crippen molar-refractivity contribution < 1.29 is 14.5 Å². The molecule has 0 unspecified atom stereocenters. The van der Waals surface area contributed by atoms with Crippen molar-refractivity contribution in [3.63, 3.8) is 0 Å². The second kappa shape index (κ2) is 8.48. The molecule has 1 fully saturated rings. The van der Waals surface area contributed by atoms with Gasteiger partial charge in [-0.2, -0.15) is 0 Å². The summed E-state index contributed by atoms with van der Waals surface area (Å²) < 4.78 is 5.44. The third kappa shape index (κ3) is 4.33. The Balaban J connectivity index is 1.75. The van der Waals surface area contributed by atoms with Crippen molar-refractivity contribution in [3.05, 3.63) is 57.8 Å². The van der Waals surface area contributed by atoms with Gasteiger partial charge in [-0.05, 0) is 38.0 Å². The van der Waals surface area contributed by atoms with Gasteiger partial charge in [0.25, 0.3) is 11.6 Å². The summed E-state index contributed by atoms with van der Waals surface area (Å²) in [5.41, 5.74) is 1.53. The van der Waals surface area contributed by atoms with E-state index in [4.69, 9.17) is 4.74 Å². The molecule has 1 aliphatic rings. The monoisotopic (exact) mass is 370 g/mol. The summed E-state index contributed by atoms with van der Waals surface area (Å²) in [6.07, 6.45) is 3.66. The van der Waals surface area contributed by atoms with Crippen molar-refractivity contribution in [1.82, 2.24) is 10.3 Å². The van der Waals surface area contributed by atoms with Crippen LogP contribution in [0.4, 0.5) is 11.4 Å². The topological polar surface area (TPSA) is 97.6 Å². The van der Waals surface area contributed by atoms with Gasteiger partial charge < -0.3 is 15.0 Å². The summed E-state index contributed by atoms with van der Waals surface area (Å²) in [7, 11) is 0. The maximum Gasteiger partial charge on any atom is 0.293 e. The molecule has 2 aromatic rings. The van der Waals surface area contributed by atoms with Crippen LogP contribution in [0.3, 0.4) is 0 Å². The lowest BCUT2D eigenvalue weighted by molar-refractivity contribution is -0.384. The number of aromatic nitrogens is 1. The van der Waals surface area contributed by atoms with E-state index in [1.165, 1.54) is 6.07 Å². The Morgan fingerprint density at radius 1 is 1.33 bits per heavy atom. The molecule has 0 atom stereocenters. The third-order valence-corrected chi connectivity index (χ3v) is 4.45. The van der Waals surface area contributed by atoms with E-state index in [0.29, 0.717) is 18.2 Å². The lowest BCUT2D eigenvalue weighted by Gasteiger charge is -2.18. The maximum absolute atomic E-state index is 12.5. The number of ether oxygens (including phenoxy) is 1. The first-order valence-corrected chi connectivity index (χ1v) is 8.98. The molecule has 0 spiro atoms. The van der Waals surface area contributed by atoms with Crippen LogP contribution in [0.5, 0.6) is 5.88 Å². The number of anilines is 1. The van der Waals surface area contributed by atoms with Gasteiger partial charge in [-0.1, -0.05) is 6.07 Å². The molecule has 3 rings (SSSR count). The molecule has 1 aromatic heterocycles. The fourth-order valence-corrected chi connectivity index (χ4v) is 3.14. The highest BCUT2D eigenvalue weighted by Crippen LogP contribution is 2.31. The van der Waals surface area contributed by atoms with E-state index in [1.54, 1.807) is 24.4 Å². The van der Waals surface area contributed by atoms with Gasteiger partial charge in [0.1, 0.15) is 5.69 Å². The molecule has 1 aliphatic heterocycles. The number of nitro benzene ring substituents is 1. The molecule has 2 heterocycles. The van der Waals surface area contributed by atoms with Crippen molar-refractivity contribution in [2.24, 2.45) is 0 Å². The number of nitrogens with zero attached hydrogens (tertiary/aromatic N) is 3. The van der Waals surface area contributed by atoms with Crippen LogP contribution >= 0.6 is 0 Å². The maximum atomic E-state index is 12.5. The van der Waals surface area contributed by atoms with Crippen LogP contribution in [-0.4, -0.2) is 35.5 Å². The van der Waals surface area contributed by atoms with E-state index < -0.39 is 4.92 Å². The van der Waals surface area contributed by atoms with Crippen LogP contribution in [0, 0.1) is 10.1 Å². The van der Waals surface area contributed by atoms with Gasteiger partial charge >= 0.3 is 0 Å². The number of hydrogen-bond acceptors (Lipinski definition) is 6. The molecule has 0 radical (unpaired) electrons. The Morgan fingerprint density at radius 2 is 2.11 bits per heavy atom. The fourth-order valence-electron chi connectivity index (χ4n) is 3.14. The number of nitrogens with one attached hydrogen (secondary N) is 1. The van der Waals surface area contributed by atoms with Crippen LogP contribution in [0.15, 0.2) is 36.5 Å².